The van der Waals surface area contributed by atoms with Crippen LogP contribution in [0.25, 0.3) is 0 Å². The Morgan fingerprint density at radius 2 is 1.41 bits per heavy atom. The summed E-state index contributed by atoms with van der Waals surface area (Å²) < 4.78 is 5.91. The van der Waals surface area contributed by atoms with Crippen LogP contribution in [0.3, 0.4) is 0 Å². The number of para-hydroxylation sites is 1. The van der Waals surface area contributed by atoms with Crippen LogP contribution in [0.5, 0.6) is 5.75 Å². The third-order valence-corrected chi connectivity index (χ3v) is 3.65. The van der Waals surface area contributed by atoms with Crippen molar-refractivity contribution in [2.24, 2.45) is 0 Å². The minimum Gasteiger partial charge on any atom is -0.493 e. The lowest BCUT2D eigenvalue weighted by Gasteiger charge is -2.21. The zero-order valence-electron chi connectivity index (χ0n) is 11.9. The Kier molecular flexibility index (Phi) is 5.54. The normalized spacial score (nSPS) is 14.4. The Hall–Kier alpha value is -0.980. The van der Waals surface area contributed by atoms with Crippen molar-refractivity contribution in [3.05, 3.63) is 29.3 Å². The van der Waals surface area contributed by atoms with Gasteiger partial charge >= 0.3 is 0 Å². The van der Waals surface area contributed by atoms with E-state index in [1.165, 1.54) is 11.1 Å². The predicted octanol–water partition coefficient (Wildman–Crippen LogP) is 5.11. The van der Waals surface area contributed by atoms with E-state index in [0.717, 1.165) is 25.2 Å². The lowest BCUT2D eigenvalue weighted by molar-refractivity contribution is 0.328. The van der Waals surface area contributed by atoms with Gasteiger partial charge in [0.1, 0.15) is 5.75 Å². The van der Waals surface area contributed by atoms with Gasteiger partial charge in [-0.3, -0.25) is 0 Å². The highest BCUT2D eigenvalue weighted by Crippen LogP contribution is 2.36. The number of benzene rings is 1. The van der Waals surface area contributed by atoms with Crippen LogP contribution in [-0.2, 0) is 0 Å². The van der Waals surface area contributed by atoms with Crippen molar-refractivity contribution in [3.63, 3.8) is 0 Å². The van der Waals surface area contributed by atoms with Crippen LogP contribution in [0.2, 0.25) is 0 Å². The van der Waals surface area contributed by atoms with E-state index in [0.29, 0.717) is 11.8 Å². The van der Waals surface area contributed by atoms with Crippen LogP contribution >= 0.6 is 0 Å². The molecule has 0 aliphatic rings. The molecule has 1 nitrogen and oxygen atoms in total. The van der Waals surface area contributed by atoms with Crippen LogP contribution in [0.15, 0.2) is 18.2 Å². The molecule has 0 saturated heterocycles. The molecule has 96 valence electrons. The lowest BCUT2D eigenvalue weighted by Crippen LogP contribution is -2.05. The molecule has 17 heavy (non-hydrogen) atoms. The van der Waals surface area contributed by atoms with Gasteiger partial charge in [-0.1, -0.05) is 45.9 Å². The topological polar surface area (TPSA) is 9.23 Å². The molecule has 1 rings (SSSR count). The van der Waals surface area contributed by atoms with Crippen molar-refractivity contribution < 1.29 is 4.74 Å². The standard InChI is InChI=1S/C16H26O/c1-6-12(4)14-10-9-11-15(13(5)7-2)16(14)17-8-3/h9-13H,6-8H2,1-5H3. The van der Waals surface area contributed by atoms with Gasteiger partial charge in [0.2, 0.25) is 0 Å². The number of rotatable bonds is 6. The molecule has 0 bridgehead atoms. The van der Waals surface area contributed by atoms with Crippen molar-refractivity contribution in [2.75, 3.05) is 6.61 Å². The van der Waals surface area contributed by atoms with Gasteiger partial charge in [-0.25, -0.2) is 0 Å². The van der Waals surface area contributed by atoms with Crippen molar-refractivity contribution >= 4 is 0 Å². The van der Waals surface area contributed by atoms with Gasteiger partial charge in [0.15, 0.2) is 0 Å². The quantitative estimate of drug-likeness (QED) is 0.664. The highest BCUT2D eigenvalue weighted by Gasteiger charge is 2.16. The van der Waals surface area contributed by atoms with E-state index in [1.807, 2.05) is 0 Å². The Morgan fingerprint density at radius 3 is 1.76 bits per heavy atom. The van der Waals surface area contributed by atoms with Crippen LogP contribution in [-0.4, -0.2) is 6.61 Å². The average Bonchev–Trinajstić information content (AvgIpc) is 2.37. The van der Waals surface area contributed by atoms with Gasteiger partial charge in [-0.2, -0.15) is 0 Å². The zero-order valence-corrected chi connectivity index (χ0v) is 11.9. The fourth-order valence-corrected chi connectivity index (χ4v) is 2.10. The molecule has 0 amide bonds. The van der Waals surface area contributed by atoms with Gasteiger partial charge < -0.3 is 4.74 Å². The molecular weight excluding hydrogens is 208 g/mol. The van der Waals surface area contributed by atoms with E-state index in [4.69, 9.17) is 4.74 Å². The molecule has 2 atom stereocenters. The summed E-state index contributed by atoms with van der Waals surface area (Å²) in [5.41, 5.74) is 2.74. The summed E-state index contributed by atoms with van der Waals surface area (Å²) in [7, 11) is 0. The molecule has 0 spiro atoms. The molecule has 1 aromatic rings. The first kappa shape index (κ1) is 14.1. The molecule has 2 unspecified atom stereocenters. The van der Waals surface area contributed by atoms with Crippen LogP contribution in [0, 0.1) is 0 Å². The highest BCUT2D eigenvalue weighted by molar-refractivity contribution is 5.45. The molecule has 0 fully saturated rings. The smallest absolute Gasteiger partial charge is 0.126 e. The Labute approximate surface area is 106 Å². The van der Waals surface area contributed by atoms with E-state index >= 15 is 0 Å². The van der Waals surface area contributed by atoms with E-state index in [2.05, 4.69) is 52.8 Å². The van der Waals surface area contributed by atoms with Gasteiger partial charge in [-0.05, 0) is 42.7 Å². The molecule has 1 aromatic carbocycles. The van der Waals surface area contributed by atoms with Crippen LogP contribution < -0.4 is 4.74 Å². The minimum atomic E-state index is 0.570. The van der Waals surface area contributed by atoms with Crippen molar-refractivity contribution in [3.8, 4) is 5.75 Å². The van der Waals surface area contributed by atoms with E-state index in [9.17, 15) is 0 Å². The maximum absolute atomic E-state index is 5.91. The molecule has 0 aromatic heterocycles. The first-order valence-electron chi connectivity index (χ1n) is 6.91. The van der Waals surface area contributed by atoms with E-state index in [1.54, 1.807) is 0 Å². The third-order valence-electron chi connectivity index (χ3n) is 3.65. The maximum atomic E-state index is 5.91. The van der Waals surface area contributed by atoms with Gasteiger partial charge in [0.05, 0.1) is 6.61 Å². The third kappa shape index (κ3) is 3.24. The second kappa shape index (κ2) is 6.68. The molecule has 0 aliphatic carbocycles. The van der Waals surface area contributed by atoms with Crippen LogP contribution in [0.4, 0.5) is 0 Å². The second-order valence-corrected chi connectivity index (χ2v) is 4.82. The Bertz CT molecular complexity index is 315. The second-order valence-electron chi connectivity index (χ2n) is 4.82. The lowest BCUT2D eigenvalue weighted by atomic mass is 9.90. The number of hydrogen-bond acceptors (Lipinski definition) is 1. The van der Waals surface area contributed by atoms with Crippen LogP contribution in [0.1, 0.15) is 70.4 Å². The summed E-state index contributed by atoms with van der Waals surface area (Å²) in [5, 5.41) is 0. The SMILES string of the molecule is CCOc1c(C(C)CC)cccc1C(C)CC. The zero-order chi connectivity index (χ0) is 12.8. The predicted molar refractivity (Wildman–Crippen MR) is 75.0 cm³/mol. The molecule has 0 heterocycles. The summed E-state index contributed by atoms with van der Waals surface area (Å²) in [5.74, 6) is 2.28. The van der Waals surface area contributed by atoms with Crippen molar-refractivity contribution in [2.45, 2.75) is 59.3 Å². The fraction of sp³-hybridized carbons (Fsp3) is 0.625. The van der Waals surface area contributed by atoms with E-state index in [-0.39, 0.29) is 0 Å². The van der Waals surface area contributed by atoms with Crippen molar-refractivity contribution in [1.29, 1.82) is 0 Å². The molecule has 0 N–H and O–H groups in total. The summed E-state index contributed by atoms with van der Waals surface area (Å²) in [6.45, 7) is 11.8. The maximum Gasteiger partial charge on any atom is 0.126 e. The molecule has 0 aliphatic heterocycles. The molecule has 0 saturated carbocycles. The molecular formula is C16H26O. The van der Waals surface area contributed by atoms with E-state index < -0.39 is 0 Å². The molecule has 1 heteroatoms. The summed E-state index contributed by atoms with van der Waals surface area (Å²) in [6.07, 6.45) is 2.31. The number of ether oxygens (including phenoxy) is 1. The average molecular weight is 234 g/mol. The van der Waals surface area contributed by atoms with Gasteiger partial charge in [-0.15, -0.1) is 0 Å². The monoisotopic (exact) mass is 234 g/mol. The highest BCUT2D eigenvalue weighted by atomic mass is 16.5. The summed E-state index contributed by atoms with van der Waals surface area (Å²) in [4.78, 5) is 0. The Balaban J connectivity index is 3.21. The first-order chi connectivity index (χ1) is 8.15. The Morgan fingerprint density at radius 1 is 0.941 bits per heavy atom. The van der Waals surface area contributed by atoms with Gasteiger partial charge in [0.25, 0.3) is 0 Å². The van der Waals surface area contributed by atoms with Gasteiger partial charge in [0, 0.05) is 0 Å². The number of hydrogen-bond donors (Lipinski definition) is 0. The summed E-state index contributed by atoms with van der Waals surface area (Å²) in [6, 6.07) is 6.60. The molecule has 0 radical (unpaired) electrons. The first-order valence-corrected chi connectivity index (χ1v) is 6.91. The largest absolute Gasteiger partial charge is 0.493 e. The van der Waals surface area contributed by atoms with Crippen molar-refractivity contribution in [1.82, 2.24) is 0 Å². The summed E-state index contributed by atoms with van der Waals surface area (Å²) >= 11 is 0. The minimum absolute atomic E-state index is 0.570. The fourth-order valence-electron chi connectivity index (χ4n) is 2.10.